The van der Waals surface area contributed by atoms with Crippen molar-refractivity contribution in [2.75, 3.05) is 0 Å². The Morgan fingerprint density at radius 3 is 1.77 bits per heavy atom. The molecule has 5 nitrogen and oxygen atoms in total. The van der Waals surface area contributed by atoms with Gasteiger partial charge < -0.3 is 5.73 Å². The van der Waals surface area contributed by atoms with E-state index in [4.69, 9.17) is 20.7 Å². The average Bonchev–Trinajstić information content (AvgIpc) is 3.59. The number of rotatable bonds is 7. The van der Waals surface area contributed by atoms with Crippen molar-refractivity contribution in [2.45, 2.75) is 12.0 Å². The summed E-state index contributed by atoms with van der Waals surface area (Å²) in [6.45, 7) is 0.506. The van der Waals surface area contributed by atoms with Crippen LogP contribution in [0.2, 0.25) is 0 Å². The summed E-state index contributed by atoms with van der Waals surface area (Å²) >= 11 is 0. The third-order valence-corrected chi connectivity index (χ3v) is 11.2. The van der Waals surface area contributed by atoms with Gasteiger partial charge in [0.15, 0.2) is 5.84 Å². The second kappa shape index (κ2) is 14.3. The Bertz CT molecular complexity index is 2920. The largest absolute Gasteiger partial charge is 0.383 e. The molecule has 57 heavy (non-hydrogen) atoms. The van der Waals surface area contributed by atoms with Gasteiger partial charge in [-0.05, 0) is 68.3 Å². The molecule has 0 radical (unpaired) electrons. The lowest BCUT2D eigenvalue weighted by molar-refractivity contribution is 0.768. The van der Waals surface area contributed by atoms with Crippen molar-refractivity contribution >= 4 is 33.5 Å². The number of amidine groups is 2. The maximum Gasteiger partial charge on any atom is 0.157 e. The second-order valence-electron chi connectivity index (χ2n) is 14.4. The van der Waals surface area contributed by atoms with E-state index in [-0.39, 0.29) is 0 Å². The number of aliphatic imine (C=N–C) groups is 2. The van der Waals surface area contributed by atoms with Crippen LogP contribution >= 0.6 is 0 Å². The van der Waals surface area contributed by atoms with E-state index in [2.05, 4.69) is 132 Å². The smallest absolute Gasteiger partial charge is 0.157 e. The van der Waals surface area contributed by atoms with Crippen LogP contribution in [0.3, 0.4) is 0 Å². The lowest BCUT2D eigenvalue weighted by Crippen LogP contribution is -2.28. The van der Waals surface area contributed by atoms with Crippen LogP contribution in [0.25, 0.3) is 44.1 Å². The molecule has 0 saturated heterocycles. The monoisotopic (exact) mass is 731 g/mol. The van der Waals surface area contributed by atoms with E-state index >= 15 is 0 Å². The maximum atomic E-state index is 6.81. The molecule has 10 rings (SSSR count). The third-order valence-electron chi connectivity index (χ3n) is 11.2. The molecule has 2 N–H and O–H groups in total. The lowest BCUT2D eigenvalue weighted by atomic mass is 9.67. The van der Waals surface area contributed by atoms with Crippen LogP contribution < -0.4 is 5.73 Å². The Labute approximate surface area is 331 Å². The van der Waals surface area contributed by atoms with Crippen molar-refractivity contribution in [3.63, 3.8) is 0 Å². The van der Waals surface area contributed by atoms with Gasteiger partial charge in [-0.25, -0.2) is 4.99 Å². The fraction of sp³-hybridized carbons (Fsp3) is 0.0385. The molecule has 1 aliphatic carbocycles. The number of aromatic nitrogens is 2. The first-order valence-corrected chi connectivity index (χ1v) is 19.2. The minimum absolute atomic E-state index is 0.412. The maximum absolute atomic E-state index is 6.81. The number of pyridine rings is 2. The van der Waals surface area contributed by atoms with Gasteiger partial charge >= 0.3 is 0 Å². The number of nitrogens with two attached hydrogens (primary N) is 1. The molecular formula is C52H37N5. The second-order valence-corrected chi connectivity index (χ2v) is 14.4. The molecule has 5 heteroatoms. The molecule has 0 amide bonds. The zero-order chi connectivity index (χ0) is 38.2. The summed E-state index contributed by atoms with van der Waals surface area (Å²) in [6, 6.07) is 66.0. The first-order valence-electron chi connectivity index (χ1n) is 19.2. The van der Waals surface area contributed by atoms with Crippen LogP contribution in [0, 0.1) is 0 Å². The van der Waals surface area contributed by atoms with E-state index in [1.807, 2.05) is 73.1 Å². The van der Waals surface area contributed by atoms with Crippen LogP contribution in [0.5, 0.6) is 0 Å². The Balaban J connectivity index is 1.09. The number of nitrogens with zero attached hydrogens (tertiary/aromatic N) is 4. The molecule has 1 aliphatic rings. The third kappa shape index (κ3) is 5.88. The number of fused-ring (bicyclic) bond motifs is 6. The van der Waals surface area contributed by atoms with E-state index in [1.165, 1.54) is 27.8 Å². The Morgan fingerprint density at radius 1 is 0.509 bits per heavy atom. The molecule has 7 aromatic carbocycles. The highest BCUT2D eigenvalue weighted by Gasteiger charge is 2.45. The minimum Gasteiger partial charge on any atom is -0.383 e. The lowest BCUT2D eigenvalue weighted by Gasteiger charge is -2.34. The van der Waals surface area contributed by atoms with Crippen molar-refractivity contribution in [1.29, 1.82) is 0 Å². The zero-order valence-corrected chi connectivity index (χ0v) is 31.1. The predicted molar refractivity (Wildman–Crippen MR) is 234 cm³/mol. The fourth-order valence-electron chi connectivity index (χ4n) is 8.54. The van der Waals surface area contributed by atoms with Crippen LogP contribution in [-0.4, -0.2) is 21.6 Å². The Morgan fingerprint density at radius 2 is 1.09 bits per heavy atom. The van der Waals surface area contributed by atoms with Crippen LogP contribution in [-0.2, 0) is 12.0 Å². The molecule has 0 bridgehead atoms. The van der Waals surface area contributed by atoms with Gasteiger partial charge in [-0.3, -0.25) is 15.0 Å². The highest BCUT2D eigenvalue weighted by Crippen LogP contribution is 2.56. The van der Waals surface area contributed by atoms with Gasteiger partial charge in [0.25, 0.3) is 0 Å². The van der Waals surface area contributed by atoms with Crippen LogP contribution in [0.15, 0.2) is 210 Å². The molecule has 0 fully saturated rings. The highest BCUT2D eigenvalue weighted by atomic mass is 15.0. The summed E-state index contributed by atoms with van der Waals surface area (Å²) in [4.78, 5) is 19.3. The van der Waals surface area contributed by atoms with Crippen molar-refractivity contribution in [3.05, 3.63) is 239 Å². The Kier molecular flexibility index (Phi) is 8.53. The predicted octanol–water partition coefficient (Wildman–Crippen LogP) is 11.2. The van der Waals surface area contributed by atoms with Crippen molar-refractivity contribution in [3.8, 4) is 22.3 Å². The van der Waals surface area contributed by atoms with Gasteiger partial charge in [0.2, 0.25) is 0 Å². The molecule has 0 saturated carbocycles. The first-order chi connectivity index (χ1) is 28.2. The average molecular weight is 732 g/mol. The quantitative estimate of drug-likeness (QED) is 0.101. The van der Waals surface area contributed by atoms with Gasteiger partial charge in [-0.2, -0.15) is 0 Å². The summed E-state index contributed by atoms with van der Waals surface area (Å²) < 4.78 is 0. The van der Waals surface area contributed by atoms with Gasteiger partial charge in [0.05, 0.1) is 23.0 Å². The molecule has 0 spiro atoms. The molecule has 0 atom stereocenters. The molecule has 270 valence electrons. The molecule has 9 aromatic rings. The standard InChI is InChI=1S/C52H37N5/c53-50(57-51(38-15-5-2-6-16-38)56-34-35-13-3-1-4-14-35)37-25-29-41(30-26-37)52(46-21-9-7-18-42(46)43-19-8-10-22-47(43)52)40-27-23-36(24-28-40)45-33-39-17-11-31-54-48(39)49-44(45)20-12-32-55-49/h1-33H,34H2,(H2,53,56,57). The molecule has 2 heterocycles. The highest BCUT2D eigenvalue weighted by molar-refractivity contribution is 6.11. The van der Waals surface area contributed by atoms with Gasteiger partial charge in [0.1, 0.15) is 5.84 Å². The summed E-state index contributed by atoms with van der Waals surface area (Å²) in [5, 5.41) is 2.15. The molecule has 2 aromatic heterocycles. The van der Waals surface area contributed by atoms with Crippen molar-refractivity contribution in [2.24, 2.45) is 15.7 Å². The van der Waals surface area contributed by atoms with Crippen LogP contribution in [0.1, 0.15) is 38.9 Å². The van der Waals surface area contributed by atoms with E-state index < -0.39 is 5.41 Å². The summed E-state index contributed by atoms with van der Waals surface area (Å²) in [5.41, 5.74) is 20.5. The van der Waals surface area contributed by atoms with E-state index in [9.17, 15) is 0 Å². The first kappa shape index (κ1) is 34.0. The number of hydrogen-bond donors (Lipinski definition) is 1. The normalized spacial score (nSPS) is 13.4. The SMILES string of the molecule is NC(=NC(=NCc1ccccc1)c1ccccc1)c1ccc(C2(c3ccc(-c4cc5cccnc5c5ncccc45)cc3)c3ccccc3-c3ccccc32)cc1. The topological polar surface area (TPSA) is 76.5 Å². The summed E-state index contributed by atoms with van der Waals surface area (Å²) in [6.07, 6.45) is 3.67. The van der Waals surface area contributed by atoms with Crippen LogP contribution in [0.4, 0.5) is 0 Å². The number of benzene rings is 7. The molecular weight excluding hydrogens is 695 g/mol. The number of hydrogen-bond acceptors (Lipinski definition) is 3. The minimum atomic E-state index is -0.570. The van der Waals surface area contributed by atoms with E-state index in [0.717, 1.165) is 55.2 Å². The zero-order valence-electron chi connectivity index (χ0n) is 31.1. The Hall–Kier alpha value is -7.50. The van der Waals surface area contributed by atoms with Crippen molar-refractivity contribution < 1.29 is 0 Å². The summed E-state index contributed by atoms with van der Waals surface area (Å²) in [5.74, 6) is 1.01. The fourth-order valence-corrected chi connectivity index (χ4v) is 8.54. The summed E-state index contributed by atoms with van der Waals surface area (Å²) in [7, 11) is 0. The van der Waals surface area contributed by atoms with Crippen molar-refractivity contribution in [1.82, 2.24) is 9.97 Å². The van der Waals surface area contributed by atoms with Gasteiger partial charge in [-0.1, -0.05) is 170 Å². The molecule has 0 aliphatic heterocycles. The molecule has 0 unspecified atom stereocenters. The van der Waals surface area contributed by atoms with Gasteiger partial charge in [0, 0.05) is 34.3 Å². The van der Waals surface area contributed by atoms with E-state index in [0.29, 0.717) is 18.2 Å². The van der Waals surface area contributed by atoms with E-state index in [1.54, 1.807) is 0 Å². The van der Waals surface area contributed by atoms with Gasteiger partial charge in [-0.15, -0.1) is 0 Å².